The van der Waals surface area contributed by atoms with Crippen molar-refractivity contribution in [3.63, 3.8) is 0 Å². The average molecular weight is 286 g/mol. The number of hydrogen-bond acceptors (Lipinski definition) is 4. The molecular formula is C12H18N2O4S. The lowest BCUT2D eigenvalue weighted by atomic mass is 10.1. The molecule has 19 heavy (non-hydrogen) atoms. The van der Waals surface area contributed by atoms with E-state index in [0.717, 1.165) is 18.9 Å². The number of nitrogens with one attached hydrogen (secondary N) is 1. The molecule has 0 bridgehead atoms. The van der Waals surface area contributed by atoms with Crippen molar-refractivity contribution in [2.75, 3.05) is 5.32 Å². The number of hydrogen-bond donors (Lipinski definition) is 3. The van der Waals surface area contributed by atoms with Gasteiger partial charge in [-0.25, -0.2) is 18.4 Å². The molecule has 7 heteroatoms. The molecule has 0 aliphatic rings. The van der Waals surface area contributed by atoms with Gasteiger partial charge in [0, 0.05) is 6.04 Å². The van der Waals surface area contributed by atoms with Gasteiger partial charge in [0.15, 0.2) is 0 Å². The predicted octanol–water partition coefficient (Wildman–Crippen LogP) is 1.63. The third kappa shape index (κ3) is 4.22. The van der Waals surface area contributed by atoms with Crippen LogP contribution in [0.4, 0.5) is 5.69 Å². The molecule has 4 N–H and O–H groups in total. The molecule has 106 valence electrons. The Hall–Kier alpha value is -1.60. The van der Waals surface area contributed by atoms with Crippen molar-refractivity contribution in [3.8, 4) is 0 Å². The minimum absolute atomic E-state index is 0.0705. The molecule has 6 nitrogen and oxygen atoms in total. The molecule has 0 saturated heterocycles. The second kappa shape index (κ2) is 6.03. The van der Waals surface area contributed by atoms with E-state index >= 15 is 0 Å². The van der Waals surface area contributed by atoms with E-state index in [2.05, 4.69) is 5.32 Å². The van der Waals surface area contributed by atoms with Crippen LogP contribution in [0.25, 0.3) is 0 Å². The molecule has 1 aromatic carbocycles. The summed E-state index contributed by atoms with van der Waals surface area (Å²) in [5.41, 5.74) is 0.214. The SMILES string of the molecule is CCC[C@@H](C)Nc1ccc(C(=O)O)cc1S(N)(=O)=O. The summed E-state index contributed by atoms with van der Waals surface area (Å²) in [6.45, 7) is 3.94. The standard InChI is InChI=1S/C12H18N2O4S/c1-3-4-8(2)14-10-6-5-9(12(15)16)7-11(10)19(13,17)18/h5-8,14H,3-4H2,1-2H3,(H,15,16)(H2,13,17,18)/t8-/m1/s1. The smallest absolute Gasteiger partial charge is 0.335 e. The fourth-order valence-corrected chi connectivity index (χ4v) is 2.51. The molecule has 0 aliphatic carbocycles. The first-order valence-electron chi connectivity index (χ1n) is 5.92. The van der Waals surface area contributed by atoms with Gasteiger partial charge in [-0.3, -0.25) is 0 Å². The Bertz CT molecular complexity index is 569. The Labute approximate surface area is 112 Å². The van der Waals surface area contributed by atoms with Crippen LogP contribution in [0.5, 0.6) is 0 Å². The van der Waals surface area contributed by atoms with E-state index in [1.165, 1.54) is 12.1 Å². The van der Waals surface area contributed by atoms with Crippen LogP contribution in [0, 0.1) is 0 Å². The van der Waals surface area contributed by atoms with Crippen molar-refractivity contribution < 1.29 is 18.3 Å². The number of carboxylic acids is 1. The highest BCUT2D eigenvalue weighted by Crippen LogP contribution is 2.23. The van der Waals surface area contributed by atoms with Crippen molar-refractivity contribution >= 4 is 21.7 Å². The fraction of sp³-hybridized carbons (Fsp3) is 0.417. The molecule has 0 saturated carbocycles. The minimum Gasteiger partial charge on any atom is -0.478 e. The Balaban J connectivity index is 3.21. The molecule has 0 heterocycles. The summed E-state index contributed by atoms with van der Waals surface area (Å²) < 4.78 is 23.0. The van der Waals surface area contributed by atoms with Crippen LogP contribution in [0.15, 0.2) is 23.1 Å². The molecule has 0 unspecified atom stereocenters. The Morgan fingerprint density at radius 2 is 2.11 bits per heavy atom. The third-order valence-electron chi connectivity index (χ3n) is 2.66. The molecule has 1 rings (SSSR count). The van der Waals surface area contributed by atoms with Crippen LogP contribution in [-0.2, 0) is 10.0 Å². The van der Waals surface area contributed by atoms with Gasteiger partial charge in [0.25, 0.3) is 0 Å². The lowest BCUT2D eigenvalue weighted by molar-refractivity contribution is 0.0696. The zero-order chi connectivity index (χ0) is 14.6. The van der Waals surface area contributed by atoms with E-state index in [1.54, 1.807) is 0 Å². The number of carbonyl (C=O) groups is 1. The van der Waals surface area contributed by atoms with Crippen molar-refractivity contribution in [1.29, 1.82) is 0 Å². The summed E-state index contributed by atoms with van der Waals surface area (Å²) in [7, 11) is -3.98. The quantitative estimate of drug-likeness (QED) is 0.736. The van der Waals surface area contributed by atoms with Gasteiger partial charge in [0.2, 0.25) is 10.0 Å². The van der Waals surface area contributed by atoms with Crippen LogP contribution in [0.1, 0.15) is 37.0 Å². The topological polar surface area (TPSA) is 109 Å². The molecule has 0 radical (unpaired) electrons. The van der Waals surface area contributed by atoms with Crippen molar-refractivity contribution in [3.05, 3.63) is 23.8 Å². The van der Waals surface area contributed by atoms with Gasteiger partial charge in [0.05, 0.1) is 11.3 Å². The van der Waals surface area contributed by atoms with Crippen LogP contribution < -0.4 is 10.5 Å². The van der Waals surface area contributed by atoms with Crippen LogP contribution in [0.3, 0.4) is 0 Å². The number of anilines is 1. The number of benzene rings is 1. The van der Waals surface area contributed by atoms with E-state index in [9.17, 15) is 13.2 Å². The Kier molecular flexibility index (Phi) is 4.90. The first-order valence-corrected chi connectivity index (χ1v) is 7.47. The van der Waals surface area contributed by atoms with E-state index in [-0.39, 0.29) is 16.5 Å². The Morgan fingerprint density at radius 1 is 1.47 bits per heavy atom. The third-order valence-corrected chi connectivity index (χ3v) is 3.61. The largest absolute Gasteiger partial charge is 0.478 e. The highest BCUT2D eigenvalue weighted by atomic mass is 32.2. The number of aromatic carboxylic acids is 1. The van der Waals surface area contributed by atoms with Crippen LogP contribution >= 0.6 is 0 Å². The van der Waals surface area contributed by atoms with Crippen molar-refractivity contribution in [2.24, 2.45) is 5.14 Å². The van der Waals surface area contributed by atoms with E-state index in [0.29, 0.717) is 5.69 Å². The van der Waals surface area contributed by atoms with E-state index in [4.69, 9.17) is 10.2 Å². The highest BCUT2D eigenvalue weighted by molar-refractivity contribution is 7.89. The molecule has 0 spiro atoms. The molecule has 1 aromatic rings. The second-order valence-electron chi connectivity index (χ2n) is 4.40. The fourth-order valence-electron chi connectivity index (χ4n) is 1.78. The number of carboxylic acid groups (broad SMARTS) is 1. The normalized spacial score (nSPS) is 13.0. The molecule has 0 aromatic heterocycles. The summed E-state index contributed by atoms with van der Waals surface area (Å²) in [6, 6.07) is 3.91. The summed E-state index contributed by atoms with van der Waals surface area (Å²) in [6.07, 6.45) is 1.82. The van der Waals surface area contributed by atoms with Gasteiger partial charge in [-0.05, 0) is 31.5 Å². The van der Waals surface area contributed by atoms with E-state index in [1.807, 2.05) is 13.8 Å². The number of sulfonamides is 1. The Morgan fingerprint density at radius 3 is 2.58 bits per heavy atom. The van der Waals surface area contributed by atoms with E-state index < -0.39 is 16.0 Å². The molecule has 0 fully saturated rings. The zero-order valence-corrected chi connectivity index (χ0v) is 11.7. The van der Waals surface area contributed by atoms with Gasteiger partial charge in [-0.15, -0.1) is 0 Å². The van der Waals surface area contributed by atoms with Crippen molar-refractivity contribution in [2.45, 2.75) is 37.6 Å². The lowest BCUT2D eigenvalue weighted by Crippen LogP contribution is -2.20. The van der Waals surface area contributed by atoms with Crippen molar-refractivity contribution in [1.82, 2.24) is 0 Å². The lowest BCUT2D eigenvalue weighted by Gasteiger charge is -2.17. The first-order chi connectivity index (χ1) is 8.75. The van der Waals surface area contributed by atoms with Gasteiger partial charge >= 0.3 is 5.97 Å². The maximum absolute atomic E-state index is 11.5. The van der Waals surface area contributed by atoms with Gasteiger partial charge < -0.3 is 10.4 Å². The maximum atomic E-state index is 11.5. The van der Waals surface area contributed by atoms with Crippen LogP contribution in [-0.4, -0.2) is 25.5 Å². The molecular weight excluding hydrogens is 268 g/mol. The average Bonchev–Trinajstić information content (AvgIpc) is 2.27. The minimum atomic E-state index is -3.98. The number of rotatable bonds is 6. The first kappa shape index (κ1) is 15.5. The summed E-state index contributed by atoms with van der Waals surface area (Å²) >= 11 is 0. The summed E-state index contributed by atoms with van der Waals surface area (Å²) in [4.78, 5) is 10.7. The summed E-state index contributed by atoms with van der Waals surface area (Å²) in [5.74, 6) is -1.20. The molecule has 0 aliphatic heterocycles. The number of primary sulfonamides is 1. The van der Waals surface area contributed by atoms with Gasteiger partial charge in [-0.2, -0.15) is 0 Å². The van der Waals surface area contributed by atoms with Crippen LogP contribution in [0.2, 0.25) is 0 Å². The predicted molar refractivity (Wildman–Crippen MR) is 72.8 cm³/mol. The maximum Gasteiger partial charge on any atom is 0.335 e. The van der Waals surface area contributed by atoms with Gasteiger partial charge in [0.1, 0.15) is 4.90 Å². The number of nitrogens with two attached hydrogens (primary N) is 1. The summed E-state index contributed by atoms with van der Waals surface area (Å²) in [5, 5.41) is 17.0. The second-order valence-corrected chi connectivity index (χ2v) is 5.93. The van der Waals surface area contributed by atoms with Gasteiger partial charge in [-0.1, -0.05) is 13.3 Å². The molecule has 1 atom stereocenters. The monoisotopic (exact) mass is 286 g/mol. The zero-order valence-electron chi connectivity index (χ0n) is 10.9. The molecule has 0 amide bonds. The highest BCUT2D eigenvalue weighted by Gasteiger charge is 2.18.